The fourth-order valence-corrected chi connectivity index (χ4v) is 0.964. The van der Waals surface area contributed by atoms with Crippen LogP contribution in [0.15, 0.2) is 0 Å². The third-order valence-electron chi connectivity index (χ3n) is 1.86. The Labute approximate surface area is 105 Å². The highest BCUT2D eigenvalue weighted by molar-refractivity contribution is 6.35. The molecule has 0 fully saturated rings. The van der Waals surface area contributed by atoms with E-state index in [4.69, 9.17) is 9.47 Å². The molecule has 18 heavy (non-hydrogen) atoms. The average Bonchev–Trinajstić information content (AvgIpc) is 2.37. The summed E-state index contributed by atoms with van der Waals surface area (Å²) in [4.78, 5) is 33.4. The van der Waals surface area contributed by atoms with Crippen LogP contribution in [0.25, 0.3) is 0 Å². The van der Waals surface area contributed by atoms with Crippen LogP contribution in [0.5, 0.6) is 0 Å². The average molecular weight is 262 g/mol. The van der Waals surface area contributed by atoms with Crippen molar-refractivity contribution >= 4 is 17.8 Å². The molecule has 0 spiro atoms. The molecule has 0 atom stereocenters. The van der Waals surface area contributed by atoms with Gasteiger partial charge in [0.2, 0.25) is 0 Å². The molecule has 0 aromatic rings. The summed E-state index contributed by atoms with van der Waals surface area (Å²) in [7, 11) is 2.81. The molecule has 8 heteroatoms. The van der Waals surface area contributed by atoms with E-state index in [1.54, 1.807) is 6.92 Å². The van der Waals surface area contributed by atoms with E-state index in [-0.39, 0.29) is 19.7 Å². The molecule has 0 aromatic carbocycles. The summed E-state index contributed by atoms with van der Waals surface area (Å²) in [6.07, 6.45) is -0.633. The maximum absolute atomic E-state index is 11.3. The molecule has 0 saturated carbocycles. The highest BCUT2D eigenvalue weighted by Gasteiger charge is 2.16. The van der Waals surface area contributed by atoms with E-state index in [2.05, 4.69) is 15.4 Å². The van der Waals surface area contributed by atoms with Gasteiger partial charge in [0.05, 0.1) is 13.2 Å². The minimum atomic E-state index is -0.922. The molecule has 2 N–H and O–H groups in total. The SMILES string of the molecule is CCOC(=O)CNC(=O)C(=O)NCC(OC)OC. The van der Waals surface area contributed by atoms with Gasteiger partial charge in [0.15, 0.2) is 6.29 Å². The number of nitrogens with one attached hydrogen (secondary N) is 2. The predicted octanol–water partition coefficient (Wildman–Crippen LogP) is -1.60. The Hall–Kier alpha value is -1.67. The first-order valence-electron chi connectivity index (χ1n) is 5.32. The quantitative estimate of drug-likeness (QED) is 0.325. The topological polar surface area (TPSA) is 103 Å². The lowest BCUT2D eigenvalue weighted by molar-refractivity contribution is -0.146. The lowest BCUT2D eigenvalue weighted by Gasteiger charge is -2.13. The Balaban J connectivity index is 3.89. The molecule has 0 aromatic heterocycles. The molecule has 0 saturated heterocycles. The number of hydrogen-bond donors (Lipinski definition) is 2. The normalized spacial score (nSPS) is 10.0. The second-order valence-corrected chi connectivity index (χ2v) is 3.10. The van der Waals surface area contributed by atoms with Crippen molar-refractivity contribution in [3.63, 3.8) is 0 Å². The second-order valence-electron chi connectivity index (χ2n) is 3.10. The molecule has 0 heterocycles. The summed E-state index contributed by atoms with van der Waals surface area (Å²) in [5, 5.41) is 4.41. The van der Waals surface area contributed by atoms with Crippen molar-refractivity contribution in [2.75, 3.05) is 33.9 Å². The number of esters is 1. The lowest BCUT2D eigenvalue weighted by atomic mass is 10.5. The summed E-state index contributed by atoms with van der Waals surface area (Å²) in [5.74, 6) is -2.40. The smallest absolute Gasteiger partial charge is 0.325 e. The van der Waals surface area contributed by atoms with Crippen molar-refractivity contribution in [3.8, 4) is 0 Å². The number of hydrogen-bond acceptors (Lipinski definition) is 6. The van der Waals surface area contributed by atoms with Gasteiger partial charge in [-0.15, -0.1) is 0 Å². The molecular weight excluding hydrogens is 244 g/mol. The van der Waals surface area contributed by atoms with Gasteiger partial charge < -0.3 is 24.8 Å². The monoisotopic (exact) mass is 262 g/mol. The zero-order valence-corrected chi connectivity index (χ0v) is 10.6. The van der Waals surface area contributed by atoms with Crippen LogP contribution in [0.2, 0.25) is 0 Å². The maximum Gasteiger partial charge on any atom is 0.325 e. The number of carbonyl (C=O) groups excluding carboxylic acids is 3. The van der Waals surface area contributed by atoms with E-state index in [1.165, 1.54) is 14.2 Å². The van der Waals surface area contributed by atoms with Crippen LogP contribution in [0.3, 0.4) is 0 Å². The number of amides is 2. The molecule has 8 nitrogen and oxygen atoms in total. The lowest BCUT2D eigenvalue weighted by Crippen LogP contribution is -2.44. The van der Waals surface area contributed by atoms with Crippen LogP contribution < -0.4 is 10.6 Å². The van der Waals surface area contributed by atoms with Gasteiger partial charge in [0, 0.05) is 14.2 Å². The molecule has 0 radical (unpaired) electrons. The first kappa shape index (κ1) is 16.3. The molecule has 0 rings (SSSR count). The van der Waals surface area contributed by atoms with Gasteiger partial charge in [-0.2, -0.15) is 0 Å². The summed E-state index contributed by atoms with van der Waals surface area (Å²) in [6.45, 7) is 1.53. The van der Waals surface area contributed by atoms with Crippen LogP contribution in [0.1, 0.15) is 6.92 Å². The van der Waals surface area contributed by atoms with Crippen LogP contribution in [-0.2, 0) is 28.6 Å². The van der Waals surface area contributed by atoms with Gasteiger partial charge in [-0.05, 0) is 6.92 Å². The first-order valence-corrected chi connectivity index (χ1v) is 5.32. The van der Waals surface area contributed by atoms with E-state index < -0.39 is 24.1 Å². The largest absolute Gasteiger partial charge is 0.465 e. The Bertz CT molecular complexity index is 290. The standard InChI is InChI=1S/C10H18N2O6/c1-4-18-7(13)5-11-9(14)10(15)12-6-8(16-2)17-3/h8H,4-6H2,1-3H3,(H,11,14)(H,12,15). The van der Waals surface area contributed by atoms with E-state index >= 15 is 0 Å². The van der Waals surface area contributed by atoms with Crippen LogP contribution in [0, 0.1) is 0 Å². The van der Waals surface area contributed by atoms with E-state index in [1.807, 2.05) is 0 Å². The summed E-state index contributed by atoms with van der Waals surface area (Å²) < 4.78 is 14.2. The van der Waals surface area contributed by atoms with Gasteiger partial charge in [0.25, 0.3) is 0 Å². The number of carbonyl (C=O) groups is 3. The minimum absolute atomic E-state index is 0.0264. The van der Waals surface area contributed by atoms with E-state index in [0.717, 1.165) is 0 Å². The molecular formula is C10H18N2O6. The molecule has 0 aliphatic rings. The van der Waals surface area contributed by atoms with Gasteiger partial charge >= 0.3 is 17.8 Å². The van der Waals surface area contributed by atoms with Crippen molar-refractivity contribution in [2.45, 2.75) is 13.2 Å². The zero-order chi connectivity index (χ0) is 14.0. The molecule has 0 aliphatic heterocycles. The second kappa shape index (κ2) is 9.37. The predicted molar refractivity (Wildman–Crippen MR) is 60.5 cm³/mol. The van der Waals surface area contributed by atoms with Gasteiger partial charge in [-0.1, -0.05) is 0 Å². The van der Waals surface area contributed by atoms with Crippen molar-refractivity contribution in [1.82, 2.24) is 10.6 Å². The third-order valence-corrected chi connectivity index (χ3v) is 1.86. The number of ether oxygens (including phenoxy) is 3. The maximum atomic E-state index is 11.3. The van der Waals surface area contributed by atoms with Crippen molar-refractivity contribution in [1.29, 1.82) is 0 Å². The Morgan fingerprint density at radius 1 is 1.06 bits per heavy atom. The molecule has 0 unspecified atom stereocenters. The minimum Gasteiger partial charge on any atom is -0.465 e. The summed E-state index contributed by atoms with van der Waals surface area (Å²) in [5.41, 5.74) is 0. The van der Waals surface area contributed by atoms with Crippen LogP contribution >= 0.6 is 0 Å². The fourth-order valence-electron chi connectivity index (χ4n) is 0.964. The Kier molecular flexibility index (Phi) is 8.50. The molecule has 104 valence electrons. The molecule has 0 aliphatic carbocycles. The third kappa shape index (κ3) is 6.81. The van der Waals surface area contributed by atoms with E-state index in [0.29, 0.717) is 0 Å². The molecule has 2 amide bonds. The highest BCUT2D eigenvalue weighted by Crippen LogP contribution is 1.87. The van der Waals surface area contributed by atoms with Crippen LogP contribution in [0.4, 0.5) is 0 Å². The van der Waals surface area contributed by atoms with Gasteiger partial charge in [0.1, 0.15) is 6.54 Å². The van der Waals surface area contributed by atoms with Crippen molar-refractivity contribution in [3.05, 3.63) is 0 Å². The summed E-state index contributed by atoms with van der Waals surface area (Å²) >= 11 is 0. The zero-order valence-electron chi connectivity index (χ0n) is 10.6. The summed E-state index contributed by atoms with van der Waals surface area (Å²) in [6, 6.07) is 0. The van der Waals surface area contributed by atoms with Crippen molar-refractivity contribution in [2.24, 2.45) is 0 Å². The van der Waals surface area contributed by atoms with Gasteiger partial charge in [-0.25, -0.2) is 0 Å². The number of methoxy groups -OCH3 is 2. The van der Waals surface area contributed by atoms with E-state index in [9.17, 15) is 14.4 Å². The highest BCUT2D eigenvalue weighted by atomic mass is 16.7. The molecule has 0 bridgehead atoms. The van der Waals surface area contributed by atoms with Crippen LogP contribution in [-0.4, -0.2) is 58.0 Å². The Morgan fingerprint density at radius 2 is 1.61 bits per heavy atom. The van der Waals surface area contributed by atoms with Crippen molar-refractivity contribution < 1.29 is 28.6 Å². The number of rotatable bonds is 7. The fraction of sp³-hybridized carbons (Fsp3) is 0.700. The Morgan fingerprint density at radius 3 is 2.11 bits per heavy atom. The van der Waals surface area contributed by atoms with Gasteiger partial charge in [-0.3, -0.25) is 14.4 Å². The first-order chi connectivity index (χ1) is 8.54.